The predicted octanol–water partition coefficient (Wildman–Crippen LogP) is 3.88. The molecule has 0 bridgehead atoms. The molecule has 0 radical (unpaired) electrons. The Bertz CT molecular complexity index is 1420. The number of ether oxygens (including phenoxy) is 1. The molecule has 0 aliphatic carbocycles. The molecule has 1 aromatic heterocycles. The van der Waals surface area contributed by atoms with Crippen LogP contribution in [0.1, 0.15) is 49.0 Å². The monoisotopic (exact) mass is 515 g/mol. The summed E-state index contributed by atoms with van der Waals surface area (Å²) >= 11 is 1.31. The summed E-state index contributed by atoms with van der Waals surface area (Å²) in [6.07, 6.45) is 2.71. The van der Waals surface area contributed by atoms with Gasteiger partial charge in [0.2, 0.25) is 10.0 Å². The van der Waals surface area contributed by atoms with Crippen molar-refractivity contribution in [1.29, 1.82) is 0 Å². The van der Waals surface area contributed by atoms with Crippen LogP contribution in [0.15, 0.2) is 52.4 Å². The smallest absolute Gasteiger partial charge is 0.326 e. The number of rotatable bonds is 6. The van der Waals surface area contributed by atoms with Gasteiger partial charge in [-0.15, -0.1) is 0 Å². The number of piperidine rings is 1. The second-order valence-corrected chi connectivity index (χ2v) is 11.5. The molecule has 1 unspecified atom stereocenters. The highest BCUT2D eigenvalue weighted by atomic mass is 32.2. The lowest BCUT2D eigenvalue weighted by atomic mass is 10.1. The first-order valence-corrected chi connectivity index (χ1v) is 13.9. The lowest BCUT2D eigenvalue weighted by molar-refractivity contribution is -0.143. The average Bonchev–Trinajstić information content (AvgIpc) is 3.15. The van der Waals surface area contributed by atoms with Crippen molar-refractivity contribution in [2.24, 2.45) is 4.99 Å². The first-order chi connectivity index (χ1) is 16.7. The summed E-state index contributed by atoms with van der Waals surface area (Å²) in [5, 5.41) is 0. The molecule has 4 rings (SSSR count). The van der Waals surface area contributed by atoms with Crippen molar-refractivity contribution in [3.63, 3.8) is 0 Å². The summed E-state index contributed by atoms with van der Waals surface area (Å²) < 4.78 is 35.3. The van der Waals surface area contributed by atoms with E-state index in [-0.39, 0.29) is 29.7 Å². The number of carbonyl (C=O) groups excluding carboxylic acids is 2. The third kappa shape index (κ3) is 5.39. The Kier molecular flexibility index (Phi) is 7.53. The van der Waals surface area contributed by atoms with Crippen molar-refractivity contribution >= 4 is 43.5 Å². The van der Waals surface area contributed by atoms with Gasteiger partial charge in [-0.25, -0.2) is 8.42 Å². The van der Waals surface area contributed by atoms with Crippen molar-refractivity contribution in [3.05, 3.63) is 58.4 Å². The Morgan fingerprint density at radius 3 is 2.57 bits per heavy atom. The minimum Gasteiger partial charge on any atom is -0.465 e. The number of thiazole rings is 1. The Morgan fingerprint density at radius 2 is 1.89 bits per heavy atom. The average molecular weight is 516 g/mol. The summed E-state index contributed by atoms with van der Waals surface area (Å²) in [5.74, 6) is -0.927. The van der Waals surface area contributed by atoms with E-state index < -0.39 is 21.9 Å². The summed E-state index contributed by atoms with van der Waals surface area (Å²) in [4.78, 5) is 30.0. The van der Waals surface area contributed by atoms with Gasteiger partial charge in [-0.1, -0.05) is 23.8 Å². The van der Waals surface area contributed by atoms with Crippen LogP contribution >= 0.6 is 11.3 Å². The molecule has 0 saturated carbocycles. The van der Waals surface area contributed by atoms with E-state index >= 15 is 0 Å². The summed E-state index contributed by atoms with van der Waals surface area (Å²) in [5.41, 5.74) is 2.11. The molecular weight excluding hydrogens is 486 g/mol. The second kappa shape index (κ2) is 10.4. The second-order valence-electron chi connectivity index (χ2n) is 8.65. The zero-order chi connectivity index (χ0) is 25.2. The number of aromatic nitrogens is 1. The predicted molar refractivity (Wildman–Crippen MR) is 135 cm³/mol. The molecule has 1 aliphatic heterocycles. The Morgan fingerprint density at radius 1 is 1.14 bits per heavy atom. The molecule has 0 spiro atoms. The molecule has 1 atom stereocenters. The van der Waals surface area contributed by atoms with Gasteiger partial charge >= 0.3 is 5.97 Å². The number of hydrogen-bond donors (Lipinski definition) is 0. The quantitative estimate of drug-likeness (QED) is 0.464. The van der Waals surface area contributed by atoms with Gasteiger partial charge in [0, 0.05) is 18.2 Å². The van der Waals surface area contributed by atoms with E-state index in [1.54, 1.807) is 11.5 Å². The highest BCUT2D eigenvalue weighted by Gasteiger charge is 2.31. The van der Waals surface area contributed by atoms with Crippen LogP contribution in [0.4, 0.5) is 0 Å². The van der Waals surface area contributed by atoms with Gasteiger partial charge in [0.1, 0.15) is 6.54 Å². The van der Waals surface area contributed by atoms with Gasteiger partial charge in [-0.05, 0) is 75.6 Å². The maximum atomic E-state index is 13.1. The van der Waals surface area contributed by atoms with Crippen LogP contribution < -0.4 is 4.80 Å². The Balaban J connectivity index is 1.66. The van der Waals surface area contributed by atoms with Crippen LogP contribution in [0.2, 0.25) is 0 Å². The zero-order valence-electron chi connectivity index (χ0n) is 20.1. The molecule has 1 amide bonds. The number of carbonyl (C=O) groups is 2. The molecule has 8 nitrogen and oxygen atoms in total. The van der Waals surface area contributed by atoms with Gasteiger partial charge in [-0.3, -0.25) is 9.59 Å². The SMILES string of the molecule is CCOC(=O)Cn1c(=NC(=O)c2ccc(S(=O)(=O)N3CCCCC3C)cc2)sc2cc(C)ccc21. The molecule has 0 N–H and O–H groups in total. The van der Waals surface area contributed by atoms with Gasteiger partial charge in [0.25, 0.3) is 5.91 Å². The van der Waals surface area contributed by atoms with E-state index in [9.17, 15) is 18.0 Å². The fourth-order valence-corrected chi connectivity index (χ4v) is 7.06. The molecule has 186 valence electrons. The number of amides is 1. The van der Waals surface area contributed by atoms with Crippen molar-refractivity contribution in [2.75, 3.05) is 13.2 Å². The van der Waals surface area contributed by atoms with Crippen LogP contribution in [0, 0.1) is 6.92 Å². The third-order valence-electron chi connectivity index (χ3n) is 6.08. The highest BCUT2D eigenvalue weighted by Crippen LogP contribution is 2.25. The molecule has 2 aromatic carbocycles. The van der Waals surface area contributed by atoms with E-state index in [4.69, 9.17) is 4.74 Å². The number of sulfonamides is 1. The molecular formula is C25H29N3O5S2. The Hall–Kier alpha value is -2.82. The van der Waals surface area contributed by atoms with Gasteiger partial charge in [0.05, 0.1) is 21.7 Å². The molecule has 1 saturated heterocycles. The number of hydrogen-bond acceptors (Lipinski definition) is 6. The topological polar surface area (TPSA) is 98.0 Å². The lowest BCUT2D eigenvalue weighted by Crippen LogP contribution is -2.41. The normalized spacial score (nSPS) is 17.6. The summed E-state index contributed by atoms with van der Waals surface area (Å²) in [6.45, 7) is 6.34. The minimum absolute atomic E-state index is 0.0449. The summed E-state index contributed by atoms with van der Waals surface area (Å²) in [7, 11) is -3.62. The first-order valence-electron chi connectivity index (χ1n) is 11.7. The van der Waals surface area contributed by atoms with Crippen molar-refractivity contribution in [1.82, 2.24) is 8.87 Å². The summed E-state index contributed by atoms with van der Waals surface area (Å²) in [6, 6.07) is 11.7. The number of fused-ring (bicyclic) bond motifs is 1. The van der Waals surface area contributed by atoms with E-state index in [2.05, 4.69) is 4.99 Å². The molecule has 2 heterocycles. The van der Waals surface area contributed by atoms with Crippen molar-refractivity contribution < 1.29 is 22.7 Å². The van der Waals surface area contributed by atoms with Crippen molar-refractivity contribution in [2.45, 2.75) is 57.5 Å². The van der Waals surface area contributed by atoms with E-state index in [1.165, 1.54) is 39.9 Å². The number of aryl methyl sites for hydroxylation is 1. The molecule has 10 heteroatoms. The number of nitrogens with zero attached hydrogens (tertiary/aromatic N) is 3. The minimum atomic E-state index is -3.62. The van der Waals surface area contributed by atoms with Crippen molar-refractivity contribution in [3.8, 4) is 0 Å². The third-order valence-corrected chi connectivity index (χ3v) is 9.15. The lowest BCUT2D eigenvalue weighted by Gasteiger charge is -2.32. The van der Waals surface area contributed by atoms with Gasteiger partial charge < -0.3 is 9.30 Å². The van der Waals surface area contributed by atoms with Gasteiger partial charge in [0.15, 0.2) is 4.80 Å². The fourth-order valence-electron chi connectivity index (χ4n) is 4.24. The number of esters is 1. The Labute approximate surface area is 208 Å². The van der Waals surface area contributed by atoms with Crippen LogP contribution in [0.5, 0.6) is 0 Å². The van der Waals surface area contributed by atoms with E-state index in [0.29, 0.717) is 11.3 Å². The number of benzene rings is 2. The highest BCUT2D eigenvalue weighted by molar-refractivity contribution is 7.89. The maximum Gasteiger partial charge on any atom is 0.326 e. The van der Waals surface area contributed by atoms with Crippen LogP contribution in [-0.4, -0.2) is 48.4 Å². The largest absolute Gasteiger partial charge is 0.465 e. The fraction of sp³-hybridized carbons (Fsp3) is 0.400. The van der Waals surface area contributed by atoms with E-state index in [0.717, 1.165) is 35.0 Å². The zero-order valence-corrected chi connectivity index (χ0v) is 21.7. The van der Waals surface area contributed by atoms with E-state index in [1.807, 2.05) is 32.0 Å². The molecule has 35 heavy (non-hydrogen) atoms. The molecule has 1 fully saturated rings. The van der Waals surface area contributed by atoms with Crippen LogP contribution in [0.3, 0.4) is 0 Å². The molecule has 3 aromatic rings. The molecule has 1 aliphatic rings. The van der Waals surface area contributed by atoms with Gasteiger partial charge in [-0.2, -0.15) is 9.30 Å². The standard InChI is InChI=1S/C25H29N3O5S2/c1-4-33-23(29)16-27-21-13-8-17(2)15-22(21)34-25(27)26-24(30)19-9-11-20(12-10-19)35(31,32)28-14-6-5-7-18(28)3/h8-13,15,18H,4-7,14,16H2,1-3H3. The maximum absolute atomic E-state index is 13.1. The van der Waals surface area contributed by atoms with Crippen LogP contribution in [0.25, 0.3) is 10.2 Å². The first kappa shape index (κ1) is 25.3. The van der Waals surface area contributed by atoms with Crippen LogP contribution in [-0.2, 0) is 26.1 Å².